The highest BCUT2D eigenvalue weighted by Gasteiger charge is 2.33. The van der Waals surface area contributed by atoms with Gasteiger partial charge in [-0.2, -0.15) is 0 Å². The number of esters is 1. The van der Waals surface area contributed by atoms with Gasteiger partial charge in [-0.1, -0.05) is 32.1 Å². The van der Waals surface area contributed by atoms with Crippen molar-refractivity contribution in [2.45, 2.75) is 71.2 Å². The number of hydrogen-bond acceptors (Lipinski definition) is 7. The van der Waals surface area contributed by atoms with E-state index in [9.17, 15) is 19.2 Å². The fourth-order valence-corrected chi connectivity index (χ4v) is 4.60. The number of amides is 3. The van der Waals surface area contributed by atoms with E-state index in [0.717, 1.165) is 22.0 Å². The maximum absolute atomic E-state index is 13.1. The molecule has 4 rings (SSSR count). The van der Waals surface area contributed by atoms with E-state index < -0.39 is 36.1 Å². The second-order valence-electron chi connectivity index (χ2n) is 10.2. The molecule has 38 heavy (non-hydrogen) atoms. The number of pyridine rings is 1. The third kappa shape index (κ3) is 6.36. The Hall–Kier alpha value is -3.79. The fourth-order valence-electron chi connectivity index (χ4n) is 4.60. The highest BCUT2D eigenvalue weighted by Crippen LogP contribution is 2.23. The van der Waals surface area contributed by atoms with Gasteiger partial charge in [0.05, 0.1) is 5.52 Å². The van der Waals surface area contributed by atoms with Gasteiger partial charge in [-0.05, 0) is 56.4 Å². The molecule has 3 amide bonds. The molecule has 3 heterocycles. The van der Waals surface area contributed by atoms with Gasteiger partial charge in [0.2, 0.25) is 11.8 Å². The molecule has 10 nitrogen and oxygen atoms in total. The van der Waals surface area contributed by atoms with Crippen LogP contribution in [-0.2, 0) is 23.9 Å². The molecule has 1 aromatic heterocycles. The number of benzene rings is 1. The largest absolute Gasteiger partial charge is 0.457 e. The third-order valence-electron chi connectivity index (χ3n) is 6.83. The first-order valence-corrected chi connectivity index (χ1v) is 13.1. The maximum atomic E-state index is 13.1. The number of rotatable bonds is 1. The highest BCUT2D eigenvalue weighted by molar-refractivity contribution is 5.92. The highest BCUT2D eigenvalue weighted by atomic mass is 16.5. The van der Waals surface area contributed by atoms with E-state index in [2.05, 4.69) is 21.0 Å². The van der Waals surface area contributed by atoms with Crippen molar-refractivity contribution in [3.05, 3.63) is 47.7 Å². The second kappa shape index (κ2) is 11.7. The SMILES string of the molecule is CC1NC(=O)C(C(C)C)NC(=O)CC=Cc2ccc3ncc(cc3c2)C(C)OC(=O)C2CCCN(N2)C1=O. The normalized spacial score (nSPS) is 25.8. The molecule has 2 aliphatic rings. The Morgan fingerprint density at radius 1 is 1.08 bits per heavy atom. The number of carbonyl (C=O) groups is 4. The van der Waals surface area contributed by atoms with Crippen LogP contribution >= 0.6 is 0 Å². The lowest BCUT2D eigenvalue weighted by molar-refractivity contribution is -0.157. The number of nitrogens with zero attached hydrogens (tertiary/aromatic N) is 2. The molecule has 2 aromatic rings. The molecular formula is C28H35N5O5. The summed E-state index contributed by atoms with van der Waals surface area (Å²) in [5.41, 5.74) is 5.40. The lowest BCUT2D eigenvalue weighted by Crippen LogP contribution is -2.61. The number of aromatic nitrogens is 1. The Morgan fingerprint density at radius 2 is 1.87 bits per heavy atom. The summed E-state index contributed by atoms with van der Waals surface area (Å²) < 4.78 is 5.74. The van der Waals surface area contributed by atoms with Crippen molar-refractivity contribution < 1.29 is 23.9 Å². The standard InChI is InChI=1S/C28H35N5O5/c1-16(2)25-26(35)30-17(3)27(36)33-12-6-8-23(32-33)28(37)38-18(4)21-14-20-13-19(7-5-9-24(34)31-25)10-11-22(20)29-15-21/h5,7,10-11,13-18,23,25,32H,6,8-9,12H2,1-4H3,(H,30,35)(H,31,34). The summed E-state index contributed by atoms with van der Waals surface area (Å²) in [6.07, 6.45) is 5.93. The summed E-state index contributed by atoms with van der Waals surface area (Å²) in [5, 5.41) is 7.74. The van der Waals surface area contributed by atoms with Gasteiger partial charge in [-0.3, -0.25) is 29.2 Å². The van der Waals surface area contributed by atoms with Crippen LogP contribution in [0.2, 0.25) is 0 Å². The Kier molecular flexibility index (Phi) is 8.41. The van der Waals surface area contributed by atoms with E-state index in [1.165, 1.54) is 5.01 Å². The van der Waals surface area contributed by atoms with Crippen LogP contribution in [0.5, 0.6) is 0 Å². The zero-order chi connectivity index (χ0) is 27.4. The van der Waals surface area contributed by atoms with Crippen molar-refractivity contribution in [2.24, 2.45) is 5.92 Å². The Morgan fingerprint density at radius 3 is 2.63 bits per heavy atom. The molecule has 2 aliphatic heterocycles. The van der Waals surface area contributed by atoms with Gasteiger partial charge in [0.1, 0.15) is 24.2 Å². The average molecular weight is 522 g/mol. The van der Waals surface area contributed by atoms with Crippen LogP contribution in [0.3, 0.4) is 0 Å². The number of hydrogen-bond donors (Lipinski definition) is 3. The fraction of sp³-hybridized carbons (Fsp3) is 0.464. The van der Waals surface area contributed by atoms with E-state index in [0.29, 0.717) is 19.4 Å². The second-order valence-corrected chi connectivity index (χ2v) is 10.2. The molecule has 0 saturated carbocycles. The van der Waals surface area contributed by atoms with E-state index in [4.69, 9.17) is 4.74 Å². The molecule has 5 bridgehead atoms. The van der Waals surface area contributed by atoms with E-state index in [1.807, 2.05) is 44.2 Å². The molecule has 1 saturated heterocycles. The van der Waals surface area contributed by atoms with Crippen LogP contribution in [0, 0.1) is 5.92 Å². The summed E-state index contributed by atoms with van der Waals surface area (Å²) in [6.45, 7) is 7.42. The number of hydrazine groups is 1. The molecule has 1 aromatic carbocycles. The topological polar surface area (TPSA) is 130 Å². The number of nitrogens with one attached hydrogen (secondary N) is 3. The van der Waals surface area contributed by atoms with Crippen LogP contribution in [-0.4, -0.2) is 58.4 Å². The summed E-state index contributed by atoms with van der Waals surface area (Å²) in [6, 6.07) is 5.33. The summed E-state index contributed by atoms with van der Waals surface area (Å²) in [5.74, 6) is -1.77. The predicted octanol–water partition coefficient (Wildman–Crippen LogP) is 2.40. The minimum Gasteiger partial charge on any atom is -0.457 e. The molecule has 0 aliphatic carbocycles. The van der Waals surface area contributed by atoms with Crippen LogP contribution in [0.1, 0.15) is 64.2 Å². The van der Waals surface area contributed by atoms with Crippen LogP contribution in [0.25, 0.3) is 17.0 Å². The Balaban J connectivity index is 1.64. The van der Waals surface area contributed by atoms with Crippen molar-refractivity contribution in [3.8, 4) is 0 Å². The molecule has 1 fully saturated rings. The molecule has 3 N–H and O–H groups in total. The van der Waals surface area contributed by atoms with Crippen LogP contribution in [0.15, 0.2) is 36.5 Å². The van der Waals surface area contributed by atoms with Gasteiger partial charge in [-0.15, -0.1) is 0 Å². The monoisotopic (exact) mass is 521 g/mol. The Bertz CT molecular complexity index is 1260. The van der Waals surface area contributed by atoms with Crippen molar-refractivity contribution in [3.63, 3.8) is 0 Å². The molecule has 4 unspecified atom stereocenters. The molecule has 4 atom stereocenters. The van der Waals surface area contributed by atoms with E-state index >= 15 is 0 Å². The molecule has 0 spiro atoms. The predicted molar refractivity (Wildman–Crippen MR) is 142 cm³/mol. The smallest absolute Gasteiger partial charge is 0.325 e. The minimum atomic E-state index is -0.861. The number of carbonyl (C=O) groups excluding carboxylic acids is 4. The summed E-state index contributed by atoms with van der Waals surface area (Å²) >= 11 is 0. The number of cyclic esters (lactones) is 1. The van der Waals surface area contributed by atoms with Gasteiger partial charge < -0.3 is 15.4 Å². The van der Waals surface area contributed by atoms with Crippen molar-refractivity contribution in [1.29, 1.82) is 0 Å². The van der Waals surface area contributed by atoms with Gasteiger partial charge in [0.25, 0.3) is 5.91 Å². The molecule has 0 radical (unpaired) electrons. The zero-order valence-corrected chi connectivity index (χ0v) is 22.2. The van der Waals surface area contributed by atoms with Gasteiger partial charge in [-0.25, -0.2) is 5.43 Å². The summed E-state index contributed by atoms with van der Waals surface area (Å²) in [4.78, 5) is 56.2. The van der Waals surface area contributed by atoms with E-state index in [1.54, 1.807) is 26.1 Å². The van der Waals surface area contributed by atoms with Crippen molar-refractivity contribution in [2.75, 3.05) is 6.54 Å². The number of ether oxygens (including phenoxy) is 1. The van der Waals surface area contributed by atoms with E-state index in [-0.39, 0.29) is 24.2 Å². The quantitative estimate of drug-likeness (QED) is 0.492. The lowest BCUT2D eigenvalue weighted by Gasteiger charge is -2.35. The summed E-state index contributed by atoms with van der Waals surface area (Å²) in [7, 11) is 0. The molecule has 202 valence electrons. The van der Waals surface area contributed by atoms with Gasteiger partial charge in [0.15, 0.2) is 0 Å². The van der Waals surface area contributed by atoms with Gasteiger partial charge in [0, 0.05) is 30.1 Å². The minimum absolute atomic E-state index is 0.0907. The first kappa shape index (κ1) is 27.3. The van der Waals surface area contributed by atoms with Gasteiger partial charge >= 0.3 is 5.97 Å². The molecule has 10 heteroatoms. The average Bonchev–Trinajstić information content (AvgIpc) is 2.90. The first-order valence-electron chi connectivity index (χ1n) is 13.1. The first-order chi connectivity index (χ1) is 18.1. The van der Waals surface area contributed by atoms with Crippen LogP contribution < -0.4 is 16.1 Å². The third-order valence-corrected chi connectivity index (χ3v) is 6.83. The Labute approximate surface area is 222 Å². The van der Waals surface area contributed by atoms with Crippen molar-refractivity contribution >= 4 is 40.7 Å². The molecular weight excluding hydrogens is 486 g/mol. The lowest BCUT2D eigenvalue weighted by atomic mass is 10.0. The number of fused-ring (bicyclic) bond motifs is 4. The maximum Gasteiger partial charge on any atom is 0.325 e. The zero-order valence-electron chi connectivity index (χ0n) is 22.2. The van der Waals surface area contributed by atoms with Crippen molar-refractivity contribution in [1.82, 2.24) is 26.1 Å². The van der Waals surface area contributed by atoms with Crippen LogP contribution in [0.4, 0.5) is 0 Å².